The number of carbonyl (C=O) groups excluding carboxylic acids is 5. The summed E-state index contributed by atoms with van der Waals surface area (Å²) >= 11 is 0. The maximum absolute atomic E-state index is 13.5. The Bertz CT molecular complexity index is 1210. The Morgan fingerprint density at radius 2 is 1.27 bits per heavy atom. The molecule has 5 atom stereocenters. The summed E-state index contributed by atoms with van der Waals surface area (Å²) in [5.74, 6) is -11.4. The standard InChI is InChI=1S/C31H48N3O15S2.V/c1-18(2)28(43)33-21(7-8-25(37)38)23(35)14-19(6-4-5-9-32-10-12-50-51-13-11-49-31(47)48-3)29(44)34-22(17-27(41)42)24(36)15-20(30(45)46)16-26(39)40;/h18-22,32H,1,4-17H2,2-3H3,(H,33,43)(H,34,44)(H,37,38)(H,39,40)(H,41,42)(H,45,46);/q-1;/t18-,19+,20-,21-,22-;/m0./s1. The van der Waals surface area contributed by atoms with E-state index in [0.29, 0.717) is 31.7 Å². The fourth-order valence-corrected chi connectivity index (χ4v) is 6.15. The summed E-state index contributed by atoms with van der Waals surface area (Å²) in [4.78, 5) is 108. The minimum Gasteiger partial charge on any atom is -0.481 e. The first kappa shape index (κ1) is 50.8. The third-order valence-corrected chi connectivity index (χ3v) is 9.45. The molecule has 7 N–H and O–H groups in total. The van der Waals surface area contributed by atoms with Crippen molar-refractivity contribution in [1.29, 1.82) is 0 Å². The van der Waals surface area contributed by atoms with Crippen molar-refractivity contribution in [1.82, 2.24) is 16.0 Å². The number of unbranched alkanes of at least 4 members (excludes halogenated alkanes) is 1. The Kier molecular flexibility index (Phi) is 28.5. The van der Waals surface area contributed by atoms with Crippen molar-refractivity contribution in [2.75, 3.05) is 38.3 Å². The van der Waals surface area contributed by atoms with Gasteiger partial charge in [0.2, 0.25) is 5.91 Å². The number of carboxylic acid groups (broad SMARTS) is 4. The predicted octanol–water partition coefficient (Wildman–Crippen LogP) is 1.40. The molecule has 0 aliphatic carbocycles. The number of carbonyl (C=O) groups is 9. The topological polar surface area (TPSA) is 289 Å². The van der Waals surface area contributed by atoms with E-state index in [0.717, 1.165) is 5.75 Å². The summed E-state index contributed by atoms with van der Waals surface area (Å²) in [6, 6.07) is -3.01. The SMILES string of the molecule is [CH2-][C@@H](C)C(=O)N[C@@H](CCC(=O)O)C(=O)C[C@@H](CCCCNCCSSCCOC(=O)OC)C(=O)N[C@@H](CC(=O)O)C(=O)C[C@@H](CC(=O)O)C(=O)O.[V]. The van der Waals surface area contributed by atoms with E-state index in [1.54, 1.807) is 10.8 Å². The van der Waals surface area contributed by atoms with Gasteiger partial charge in [-0.25, -0.2) is 4.79 Å². The van der Waals surface area contributed by atoms with E-state index in [1.165, 1.54) is 24.8 Å². The zero-order valence-electron chi connectivity index (χ0n) is 29.0. The zero-order chi connectivity index (χ0) is 38.9. The van der Waals surface area contributed by atoms with Crippen molar-refractivity contribution in [2.24, 2.45) is 17.8 Å². The number of Topliss-reactive ketones (excluding diaryl/α,β-unsaturated/α-hetero) is 2. The second kappa shape index (κ2) is 29.2. The minimum absolute atomic E-state index is 0. The van der Waals surface area contributed by atoms with Crippen LogP contribution in [0.3, 0.4) is 0 Å². The maximum atomic E-state index is 13.5. The molecule has 0 aliphatic rings. The Labute approximate surface area is 321 Å². The van der Waals surface area contributed by atoms with Gasteiger partial charge in [0.25, 0.3) is 0 Å². The van der Waals surface area contributed by atoms with E-state index >= 15 is 0 Å². The average molecular weight is 818 g/mol. The van der Waals surface area contributed by atoms with Crippen LogP contribution in [0.1, 0.15) is 64.7 Å². The molecule has 2 amide bonds. The van der Waals surface area contributed by atoms with Gasteiger partial charge in [0.15, 0.2) is 17.5 Å². The molecule has 0 spiro atoms. The van der Waals surface area contributed by atoms with Crippen LogP contribution in [0.2, 0.25) is 0 Å². The van der Waals surface area contributed by atoms with Gasteiger partial charge < -0.3 is 52.8 Å². The molecule has 0 aromatic carbocycles. The van der Waals surface area contributed by atoms with E-state index in [1.807, 2.05) is 0 Å². The van der Waals surface area contributed by atoms with E-state index in [-0.39, 0.29) is 38.0 Å². The number of aliphatic carboxylic acids is 4. The largest absolute Gasteiger partial charge is 0.508 e. The van der Waals surface area contributed by atoms with Gasteiger partial charge in [-0.05, 0) is 25.8 Å². The summed E-state index contributed by atoms with van der Waals surface area (Å²) < 4.78 is 9.16. The van der Waals surface area contributed by atoms with Crippen molar-refractivity contribution in [3.05, 3.63) is 6.92 Å². The molecule has 0 aromatic rings. The number of rotatable bonds is 30. The molecule has 295 valence electrons. The summed E-state index contributed by atoms with van der Waals surface area (Å²) in [6.45, 7) is 6.40. The summed E-state index contributed by atoms with van der Waals surface area (Å²) in [7, 11) is 4.28. The van der Waals surface area contributed by atoms with Crippen LogP contribution < -0.4 is 16.0 Å². The molecule has 0 heterocycles. The Hall–Kier alpha value is -3.33. The van der Waals surface area contributed by atoms with Crippen molar-refractivity contribution >= 4 is 75.0 Å². The molecule has 0 fully saturated rings. The summed E-state index contributed by atoms with van der Waals surface area (Å²) in [6.07, 6.45) is -3.76. The van der Waals surface area contributed by atoms with E-state index in [2.05, 4.69) is 27.6 Å². The average Bonchev–Trinajstić information content (AvgIpc) is 3.04. The van der Waals surface area contributed by atoms with Crippen molar-refractivity contribution in [2.45, 2.75) is 76.8 Å². The second-order valence-corrected chi connectivity index (χ2v) is 14.1. The van der Waals surface area contributed by atoms with Gasteiger partial charge in [0.05, 0.1) is 38.0 Å². The molecule has 0 unspecified atom stereocenters. The fraction of sp³-hybridized carbons (Fsp3) is 0.677. The fourth-order valence-electron chi connectivity index (χ4n) is 4.37. The molecule has 18 nitrogen and oxygen atoms in total. The van der Waals surface area contributed by atoms with Crippen molar-refractivity contribution in [3.8, 4) is 0 Å². The van der Waals surface area contributed by atoms with E-state index < -0.39 is 115 Å². The number of carboxylic acids is 4. The van der Waals surface area contributed by atoms with Gasteiger partial charge in [-0.1, -0.05) is 40.9 Å². The first-order chi connectivity index (χ1) is 24.0. The van der Waals surface area contributed by atoms with E-state index in [4.69, 9.17) is 14.9 Å². The van der Waals surface area contributed by atoms with Crippen LogP contribution >= 0.6 is 21.6 Å². The molecule has 0 bridgehead atoms. The molecular weight excluding hydrogens is 769 g/mol. The number of nitrogens with one attached hydrogen (secondary N) is 3. The van der Waals surface area contributed by atoms with Crippen LogP contribution in [-0.2, 0) is 66.4 Å². The van der Waals surface area contributed by atoms with Gasteiger partial charge in [-0.2, -0.15) is 0 Å². The molecule has 0 aliphatic heterocycles. The van der Waals surface area contributed by atoms with Crippen LogP contribution in [0.5, 0.6) is 0 Å². The van der Waals surface area contributed by atoms with Gasteiger partial charge >= 0.3 is 30.0 Å². The minimum atomic E-state index is -1.73. The molecule has 0 saturated heterocycles. The van der Waals surface area contributed by atoms with Gasteiger partial charge in [-0.15, -0.1) is 0 Å². The van der Waals surface area contributed by atoms with Crippen LogP contribution in [0.4, 0.5) is 4.79 Å². The molecule has 0 aromatic heterocycles. The van der Waals surface area contributed by atoms with Crippen molar-refractivity contribution in [3.63, 3.8) is 0 Å². The number of ether oxygens (including phenoxy) is 2. The Morgan fingerprint density at radius 1 is 0.692 bits per heavy atom. The molecule has 0 saturated carbocycles. The van der Waals surface area contributed by atoms with Crippen LogP contribution in [0, 0.1) is 24.7 Å². The zero-order valence-corrected chi connectivity index (χ0v) is 32.1. The molecule has 21 heteroatoms. The van der Waals surface area contributed by atoms with E-state index in [9.17, 15) is 53.4 Å². The van der Waals surface area contributed by atoms with Gasteiger partial charge in [0, 0.05) is 61.8 Å². The molecular formula is C31H48N3O15S2V-. The Balaban J connectivity index is 0. The van der Waals surface area contributed by atoms with Crippen LogP contribution in [0.25, 0.3) is 0 Å². The number of ketones is 2. The monoisotopic (exact) mass is 817 g/mol. The first-order valence-electron chi connectivity index (χ1n) is 16.0. The van der Waals surface area contributed by atoms with Crippen LogP contribution in [-0.4, -0.2) is 124 Å². The summed E-state index contributed by atoms with van der Waals surface area (Å²) in [5.41, 5.74) is 0. The number of methoxy groups -OCH3 is 1. The Morgan fingerprint density at radius 3 is 1.83 bits per heavy atom. The number of hydrogen-bond donors (Lipinski definition) is 7. The molecule has 1 radical (unpaired) electrons. The number of hydrogen-bond acceptors (Lipinski definition) is 14. The molecule has 52 heavy (non-hydrogen) atoms. The third kappa shape index (κ3) is 24.8. The number of amides is 2. The first-order valence-corrected chi connectivity index (χ1v) is 18.5. The predicted molar refractivity (Wildman–Crippen MR) is 184 cm³/mol. The van der Waals surface area contributed by atoms with Gasteiger partial charge in [-0.3, -0.25) is 38.4 Å². The van der Waals surface area contributed by atoms with Gasteiger partial charge in [0.1, 0.15) is 6.61 Å². The second-order valence-electron chi connectivity index (χ2n) is 11.4. The quantitative estimate of drug-likeness (QED) is 0.0233. The van der Waals surface area contributed by atoms with Crippen LogP contribution in [0.15, 0.2) is 0 Å². The normalized spacial score (nSPS) is 13.5. The molecule has 0 rings (SSSR count). The van der Waals surface area contributed by atoms with Crippen molar-refractivity contribution < 1.29 is 91.6 Å². The third-order valence-electron chi connectivity index (χ3n) is 7.07. The smallest absolute Gasteiger partial charge is 0.481 e. The maximum Gasteiger partial charge on any atom is 0.508 e. The summed E-state index contributed by atoms with van der Waals surface area (Å²) in [5, 5.41) is 44.8.